The topological polar surface area (TPSA) is 34.1 Å². The van der Waals surface area contributed by atoms with Crippen molar-refractivity contribution in [3.63, 3.8) is 0 Å². The Morgan fingerprint density at radius 2 is 2.22 bits per heavy atom. The zero-order valence-electron chi connectivity index (χ0n) is 11.9. The minimum Gasteiger partial charge on any atom is -0.497 e. The highest BCUT2D eigenvalue weighted by molar-refractivity contribution is 5.26. The van der Waals surface area contributed by atoms with Crippen LogP contribution in [0.2, 0.25) is 0 Å². The molecule has 0 aliphatic heterocycles. The van der Waals surface area contributed by atoms with Gasteiger partial charge in [0.05, 0.1) is 12.8 Å². The molecule has 0 radical (unpaired) electrons. The summed E-state index contributed by atoms with van der Waals surface area (Å²) in [4.78, 5) is 4.55. The van der Waals surface area contributed by atoms with E-state index in [1.54, 1.807) is 7.11 Å². The minimum atomic E-state index is 0.411. The van der Waals surface area contributed by atoms with Gasteiger partial charge in [0.25, 0.3) is 0 Å². The summed E-state index contributed by atoms with van der Waals surface area (Å²) in [6, 6.07) is 4.58. The minimum absolute atomic E-state index is 0.411. The number of hydrogen-bond acceptors (Lipinski definition) is 3. The van der Waals surface area contributed by atoms with Gasteiger partial charge in [0.2, 0.25) is 0 Å². The fourth-order valence-corrected chi connectivity index (χ4v) is 2.84. The molecule has 1 N–H and O–H groups in total. The number of methoxy groups -OCH3 is 1. The molecule has 1 atom stereocenters. The van der Waals surface area contributed by atoms with Crippen molar-refractivity contribution in [1.82, 2.24) is 10.3 Å². The Kier molecular flexibility index (Phi) is 3.91. The Balaban J connectivity index is 2.00. The smallest absolute Gasteiger partial charge is 0.122 e. The molecule has 100 valence electrons. The van der Waals surface area contributed by atoms with E-state index in [0.29, 0.717) is 11.5 Å². The van der Waals surface area contributed by atoms with Gasteiger partial charge in [0.1, 0.15) is 5.75 Å². The second-order valence-electron chi connectivity index (χ2n) is 5.95. The van der Waals surface area contributed by atoms with Gasteiger partial charge in [-0.15, -0.1) is 0 Å². The summed E-state index contributed by atoms with van der Waals surface area (Å²) >= 11 is 0. The summed E-state index contributed by atoms with van der Waals surface area (Å²) in [5.74, 6) is 0.894. The molecule has 2 rings (SSSR count). The van der Waals surface area contributed by atoms with Gasteiger partial charge >= 0.3 is 0 Å². The molecule has 1 aliphatic carbocycles. The molecule has 0 amide bonds. The van der Waals surface area contributed by atoms with Crippen molar-refractivity contribution < 1.29 is 4.74 Å². The first-order valence-electron chi connectivity index (χ1n) is 6.76. The lowest BCUT2D eigenvalue weighted by molar-refractivity contribution is 0.281. The first kappa shape index (κ1) is 13.3. The molecule has 1 aromatic rings. The van der Waals surface area contributed by atoms with Crippen molar-refractivity contribution in [2.75, 3.05) is 7.11 Å². The third kappa shape index (κ3) is 3.02. The molecule has 0 bridgehead atoms. The summed E-state index contributed by atoms with van der Waals surface area (Å²) in [7, 11) is 1.70. The molecule has 18 heavy (non-hydrogen) atoms. The fourth-order valence-electron chi connectivity index (χ4n) is 2.84. The van der Waals surface area contributed by atoms with Crippen LogP contribution in [0.5, 0.6) is 5.75 Å². The lowest BCUT2D eigenvalue weighted by Gasteiger charge is -2.27. The van der Waals surface area contributed by atoms with Crippen molar-refractivity contribution in [2.24, 2.45) is 5.41 Å². The molecular weight excluding hydrogens is 224 g/mol. The largest absolute Gasteiger partial charge is 0.497 e. The van der Waals surface area contributed by atoms with E-state index >= 15 is 0 Å². The average molecular weight is 248 g/mol. The Morgan fingerprint density at radius 3 is 2.83 bits per heavy atom. The van der Waals surface area contributed by atoms with Crippen LogP contribution in [-0.4, -0.2) is 18.1 Å². The van der Waals surface area contributed by atoms with Gasteiger partial charge in [0, 0.05) is 30.4 Å². The van der Waals surface area contributed by atoms with Gasteiger partial charge < -0.3 is 10.1 Å². The average Bonchev–Trinajstić information content (AvgIpc) is 2.65. The summed E-state index contributed by atoms with van der Waals surface area (Å²) < 4.78 is 5.28. The first-order valence-corrected chi connectivity index (χ1v) is 6.76. The molecule has 0 saturated heterocycles. The second-order valence-corrected chi connectivity index (χ2v) is 5.95. The molecule has 1 fully saturated rings. The number of nitrogens with zero attached hydrogens (tertiary/aromatic N) is 1. The van der Waals surface area contributed by atoms with E-state index in [2.05, 4.69) is 24.1 Å². The highest BCUT2D eigenvalue weighted by Gasteiger charge is 2.33. The molecule has 3 heteroatoms. The Labute approximate surface area is 110 Å². The monoisotopic (exact) mass is 248 g/mol. The van der Waals surface area contributed by atoms with E-state index in [9.17, 15) is 0 Å². The number of aryl methyl sites for hydroxylation is 1. The molecule has 0 aromatic carbocycles. The summed E-state index contributed by atoms with van der Waals surface area (Å²) in [5.41, 5.74) is 2.49. The molecule has 1 saturated carbocycles. The highest BCUT2D eigenvalue weighted by atomic mass is 16.5. The molecular formula is C15H24N2O. The number of hydrogen-bond donors (Lipinski definition) is 1. The van der Waals surface area contributed by atoms with Crippen molar-refractivity contribution in [2.45, 2.75) is 52.6 Å². The third-order valence-electron chi connectivity index (χ3n) is 4.00. The normalized spacial score (nSPS) is 22.1. The predicted molar refractivity (Wildman–Crippen MR) is 73.8 cm³/mol. The van der Waals surface area contributed by atoms with E-state index in [4.69, 9.17) is 4.74 Å². The van der Waals surface area contributed by atoms with Crippen molar-refractivity contribution in [1.29, 1.82) is 0 Å². The third-order valence-corrected chi connectivity index (χ3v) is 4.00. The van der Waals surface area contributed by atoms with Crippen LogP contribution in [0.25, 0.3) is 0 Å². The van der Waals surface area contributed by atoms with Gasteiger partial charge in [-0.25, -0.2) is 0 Å². The van der Waals surface area contributed by atoms with Crippen LogP contribution in [0.15, 0.2) is 12.1 Å². The first-order chi connectivity index (χ1) is 8.51. The van der Waals surface area contributed by atoms with Gasteiger partial charge in [-0.3, -0.25) is 4.98 Å². The van der Waals surface area contributed by atoms with Crippen molar-refractivity contribution >= 4 is 0 Å². The molecule has 1 heterocycles. The van der Waals surface area contributed by atoms with Crippen molar-refractivity contribution in [3.05, 3.63) is 23.5 Å². The molecule has 3 nitrogen and oxygen atoms in total. The standard InChI is InChI=1S/C15H24N2O/c1-11-8-13(18-4)9-12(17-11)10-16-14-6-5-7-15(14,2)3/h8-9,14,16H,5-7,10H2,1-4H3. The maximum atomic E-state index is 5.28. The van der Waals surface area contributed by atoms with E-state index < -0.39 is 0 Å². The number of ether oxygens (including phenoxy) is 1. The van der Waals surface area contributed by atoms with Crippen LogP contribution in [0.3, 0.4) is 0 Å². The predicted octanol–water partition coefficient (Wildman–Crippen LogP) is 3.07. The van der Waals surface area contributed by atoms with Crippen LogP contribution < -0.4 is 10.1 Å². The van der Waals surface area contributed by atoms with E-state index in [1.165, 1.54) is 19.3 Å². The molecule has 1 unspecified atom stereocenters. The number of nitrogens with one attached hydrogen (secondary N) is 1. The van der Waals surface area contributed by atoms with Gasteiger partial charge in [-0.05, 0) is 25.2 Å². The Bertz CT molecular complexity index is 415. The lowest BCUT2D eigenvalue weighted by Crippen LogP contribution is -2.37. The lowest BCUT2D eigenvalue weighted by atomic mass is 9.87. The van der Waals surface area contributed by atoms with Crippen LogP contribution in [-0.2, 0) is 6.54 Å². The molecule has 1 aliphatic rings. The van der Waals surface area contributed by atoms with Gasteiger partial charge in [-0.2, -0.15) is 0 Å². The zero-order valence-corrected chi connectivity index (χ0v) is 11.9. The number of aromatic nitrogens is 1. The van der Waals surface area contributed by atoms with E-state index in [-0.39, 0.29) is 0 Å². The van der Waals surface area contributed by atoms with E-state index in [0.717, 1.165) is 23.7 Å². The van der Waals surface area contributed by atoms with Gasteiger partial charge in [-0.1, -0.05) is 20.3 Å². The van der Waals surface area contributed by atoms with Crippen LogP contribution in [0.4, 0.5) is 0 Å². The Hall–Kier alpha value is -1.09. The van der Waals surface area contributed by atoms with Crippen LogP contribution in [0, 0.1) is 12.3 Å². The summed E-state index contributed by atoms with van der Waals surface area (Å²) in [6.07, 6.45) is 3.92. The van der Waals surface area contributed by atoms with Crippen LogP contribution >= 0.6 is 0 Å². The van der Waals surface area contributed by atoms with Gasteiger partial charge in [0.15, 0.2) is 0 Å². The fraction of sp³-hybridized carbons (Fsp3) is 0.667. The van der Waals surface area contributed by atoms with Crippen molar-refractivity contribution in [3.8, 4) is 5.75 Å². The quantitative estimate of drug-likeness (QED) is 0.889. The number of pyridine rings is 1. The van der Waals surface area contributed by atoms with E-state index in [1.807, 2.05) is 19.1 Å². The molecule has 1 aromatic heterocycles. The Morgan fingerprint density at radius 1 is 1.44 bits per heavy atom. The maximum Gasteiger partial charge on any atom is 0.122 e. The van der Waals surface area contributed by atoms with Crippen LogP contribution in [0.1, 0.15) is 44.5 Å². The summed E-state index contributed by atoms with van der Waals surface area (Å²) in [5, 5.41) is 3.65. The molecule has 0 spiro atoms. The number of rotatable bonds is 4. The summed E-state index contributed by atoms with van der Waals surface area (Å²) in [6.45, 7) is 7.53. The second kappa shape index (κ2) is 5.27. The highest BCUT2D eigenvalue weighted by Crippen LogP contribution is 2.37. The SMILES string of the molecule is COc1cc(C)nc(CNC2CCCC2(C)C)c1. The zero-order chi connectivity index (χ0) is 13.2. The maximum absolute atomic E-state index is 5.28.